The van der Waals surface area contributed by atoms with E-state index in [1.807, 2.05) is 0 Å². The van der Waals surface area contributed by atoms with Crippen LogP contribution in [0.2, 0.25) is 0 Å². The molecule has 1 heterocycles. The second-order valence-corrected chi connectivity index (χ2v) is 6.51. The summed E-state index contributed by atoms with van der Waals surface area (Å²) in [6.07, 6.45) is 8.99. The van der Waals surface area contributed by atoms with Gasteiger partial charge in [0.15, 0.2) is 0 Å². The first-order valence-corrected chi connectivity index (χ1v) is 8.27. The fraction of sp³-hybridized carbons (Fsp3) is 0.500. The Morgan fingerprint density at radius 2 is 1.67 bits per heavy atom. The molecule has 110 valence electrons. The third kappa shape index (κ3) is 2.35. The van der Waals surface area contributed by atoms with Gasteiger partial charge in [-0.15, -0.1) is 0 Å². The largest absolute Gasteiger partial charge is 0.384 e. The van der Waals surface area contributed by atoms with Crippen molar-refractivity contribution in [2.24, 2.45) is 0 Å². The van der Waals surface area contributed by atoms with Crippen molar-refractivity contribution in [2.75, 3.05) is 5.73 Å². The third-order valence-electron chi connectivity index (χ3n) is 4.91. The zero-order chi connectivity index (χ0) is 14.2. The molecule has 4 rings (SSSR count). The summed E-state index contributed by atoms with van der Waals surface area (Å²) in [6.45, 7) is 0. The monoisotopic (exact) mass is 281 g/mol. The summed E-state index contributed by atoms with van der Waals surface area (Å²) in [4.78, 5) is 5.00. The van der Waals surface area contributed by atoms with Crippen molar-refractivity contribution in [1.82, 2.24) is 9.55 Å². The van der Waals surface area contributed by atoms with Crippen LogP contribution in [-0.4, -0.2) is 9.55 Å². The highest BCUT2D eigenvalue weighted by Crippen LogP contribution is 2.44. The van der Waals surface area contributed by atoms with E-state index < -0.39 is 0 Å². The number of imidazole rings is 1. The maximum absolute atomic E-state index is 6.51. The number of nitrogens with zero attached hydrogens (tertiary/aromatic N) is 2. The highest BCUT2D eigenvalue weighted by molar-refractivity contribution is 5.61. The molecule has 2 N–H and O–H groups in total. The van der Waals surface area contributed by atoms with Crippen LogP contribution in [0.15, 0.2) is 30.3 Å². The number of anilines is 1. The van der Waals surface area contributed by atoms with E-state index in [1.54, 1.807) is 0 Å². The maximum Gasteiger partial charge on any atom is 0.142 e. The normalized spacial score (nSPS) is 19.8. The Kier molecular flexibility index (Phi) is 3.21. The number of aromatic nitrogens is 2. The fourth-order valence-corrected chi connectivity index (χ4v) is 3.63. The molecule has 0 aliphatic heterocycles. The van der Waals surface area contributed by atoms with Gasteiger partial charge >= 0.3 is 0 Å². The molecule has 0 atom stereocenters. The minimum Gasteiger partial charge on any atom is -0.384 e. The summed E-state index contributed by atoms with van der Waals surface area (Å²) in [7, 11) is 0. The topological polar surface area (TPSA) is 43.8 Å². The number of benzene rings is 1. The molecule has 3 heteroatoms. The van der Waals surface area contributed by atoms with Crippen LogP contribution >= 0.6 is 0 Å². The number of hydrogen-bond donors (Lipinski definition) is 1. The Bertz CT molecular complexity index is 619. The standard InChI is InChI=1S/C18H23N3/c19-17-16(13-7-3-1-4-8-13)20-18(21(17)15-11-12-15)14-9-5-2-6-10-14/h2,5-6,9-10,13,15H,1,3-4,7-8,11-12,19H2. The summed E-state index contributed by atoms with van der Waals surface area (Å²) in [5.74, 6) is 2.58. The lowest BCUT2D eigenvalue weighted by Gasteiger charge is -2.20. The smallest absolute Gasteiger partial charge is 0.142 e. The predicted molar refractivity (Wildman–Crippen MR) is 86.2 cm³/mol. The van der Waals surface area contributed by atoms with Crippen LogP contribution in [0.1, 0.15) is 62.6 Å². The van der Waals surface area contributed by atoms with Crippen molar-refractivity contribution in [2.45, 2.75) is 56.9 Å². The van der Waals surface area contributed by atoms with E-state index in [2.05, 4.69) is 34.9 Å². The molecule has 0 spiro atoms. The van der Waals surface area contributed by atoms with Gasteiger partial charge in [0, 0.05) is 17.5 Å². The van der Waals surface area contributed by atoms with Crippen LogP contribution in [-0.2, 0) is 0 Å². The molecule has 1 aromatic heterocycles. The number of hydrogen-bond acceptors (Lipinski definition) is 2. The predicted octanol–water partition coefficient (Wildman–Crippen LogP) is 4.51. The Labute approximate surface area is 126 Å². The average Bonchev–Trinajstić information content (AvgIpc) is 3.32. The highest BCUT2D eigenvalue weighted by atomic mass is 15.2. The molecule has 2 saturated carbocycles. The van der Waals surface area contributed by atoms with Crippen LogP contribution < -0.4 is 5.73 Å². The van der Waals surface area contributed by atoms with Crippen LogP contribution in [0.25, 0.3) is 11.4 Å². The lowest BCUT2D eigenvalue weighted by Crippen LogP contribution is -2.09. The molecule has 2 aliphatic carbocycles. The Morgan fingerprint density at radius 3 is 2.33 bits per heavy atom. The Hall–Kier alpha value is -1.77. The molecule has 2 fully saturated rings. The average molecular weight is 281 g/mol. The van der Waals surface area contributed by atoms with Gasteiger partial charge in [0.05, 0.1) is 5.69 Å². The molecule has 0 amide bonds. The molecule has 2 aliphatic rings. The van der Waals surface area contributed by atoms with Gasteiger partial charge in [-0.05, 0) is 25.7 Å². The molecular formula is C18H23N3. The minimum absolute atomic E-state index is 0.571. The molecule has 0 saturated heterocycles. The number of nitrogens with two attached hydrogens (primary N) is 1. The fourth-order valence-electron chi connectivity index (χ4n) is 3.63. The van der Waals surface area contributed by atoms with Crippen LogP contribution in [0.3, 0.4) is 0 Å². The summed E-state index contributed by atoms with van der Waals surface area (Å²) in [5, 5.41) is 0. The highest BCUT2D eigenvalue weighted by Gasteiger charge is 2.32. The van der Waals surface area contributed by atoms with E-state index in [1.165, 1.54) is 56.2 Å². The number of nitrogen functional groups attached to an aromatic ring is 1. The molecule has 0 radical (unpaired) electrons. The van der Waals surface area contributed by atoms with Crippen molar-refractivity contribution >= 4 is 5.82 Å². The van der Waals surface area contributed by atoms with Gasteiger partial charge in [0.2, 0.25) is 0 Å². The summed E-state index contributed by atoms with van der Waals surface area (Å²) >= 11 is 0. The van der Waals surface area contributed by atoms with E-state index >= 15 is 0 Å². The molecule has 0 unspecified atom stereocenters. The number of rotatable bonds is 3. The van der Waals surface area contributed by atoms with Gasteiger partial charge in [-0.1, -0.05) is 49.6 Å². The van der Waals surface area contributed by atoms with Crippen molar-refractivity contribution in [3.63, 3.8) is 0 Å². The second kappa shape index (κ2) is 5.21. The van der Waals surface area contributed by atoms with E-state index in [0.717, 1.165) is 11.6 Å². The molecule has 1 aromatic carbocycles. The van der Waals surface area contributed by atoms with E-state index in [9.17, 15) is 0 Å². The molecule has 3 nitrogen and oxygen atoms in total. The van der Waals surface area contributed by atoms with Crippen molar-refractivity contribution in [3.8, 4) is 11.4 Å². The summed E-state index contributed by atoms with van der Waals surface area (Å²) in [6, 6.07) is 11.1. The van der Waals surface area contributed by atoms with Crippen LogP contribution in [0.4, 0.5) is 5.82 Å². The third-order valence-corrected chi connectivity index (χ3v) is 4.91. The quantitative estimate of drug-likeness (QED) is 0.899. The van der Waals surface area contributed by atoms with Crippen molar-refractivity contribution < 1.29 is 0 Å². The summed E-state index contributed by atoms with van der Waals surface area (Å²) in [5.41, 5.74) is 8.87. The first-order valence-electron chi connectivity index (χ1n) is 8.27. The maximum atomic E-state index is 6.51. The zero-order valence-corrected chi connectivity index (χ0v) is 12.5. The zero-order valence-electron chi connectivity index (χ0n) is 12.5. The molecule has 2 aromatic rings. The Balaban J connectivity index is 1.79. The lowest BCUT2D eigenvalue weighted by molar-refractivity contribution is 0.438. The van der Waals surface area contributed by atoms with Gasteiger partial charge in [-0.3, -0.25) is 0 Å². The van der Waals surface area contributed by atoms with Crippen molar-refractivity contribution in [1.29, 1.82) is 0 Å². The van der Waals surface area contributed by atoms with Gasteiger partial charge in [-0.25, -0.2) is 4.98 Å². The van der Waals surface area contributed by atoms with E-state index in [-0.39, 0.29) is 0 Å². The van der Waals surface area contributed by atoms with Gasteiger partial charge < -0.3 is 10.3 Å². The van der Waals surface area contributed by atoms with Gasteiger partial charge in [-0.2, -0.15) is 0 Å². The van der Waals surface area contributed by atoms with Crippen LogP contribution in [0.5, 0.6) is 0 Å². The summed E-state index contributed by atoms with van der Waals surface area (Å²) < 4.78 is 2.30. The van der Waals surface area contributed by atoms with Crippen molar-refractivity contribution in [3.05, 3.63) is 36.0 Å². The second-order valence-electron chi connectivity index (χ2n) is 6.51. The Morgan fingerprint density at radius 1 is 0.952 bits per heavy atom. The first kappa shape index (κ1) is 12.9. The van der Waals surface area contributed by atoms with E-state index in [0.29, 0.717) is 12.0 Å². The molecule has 21 heavy (non-hydrogen) atoms. The first-order chi connectivity index (χ1) is 10.3. The van der Waals surface area contributed by atoms with Gasteiger partial charge in [0.1, 0.15) is 11.6 Å². The van der Waals surface area contributed by atoms with Crippen LogP contribution in [0, 0.1) is 0 Å². The molecule has 0 bridgehead atoms. The van der Waals surface area contributed by atoms with Gasteiger partial charge in [0.25, 0.3) is 0 Å². The minimum atomic E-state index is 0.571. The van der Waals surface area contributed by atoms with E-state index in [4.69, 9.17) is 10.7 Å². The lowest BCUT2D eigenvalue weighted by atomic mass is 9.87. The SMILES string of the molecule is Nc1c(C2CCCCC2)nc(-c2ccccc2)n1C1CC1. The molecular weight excluding hydrogens is 258 g/mol.